The lowest BCUT2D eigenvalue weighted by molar-refractivity contribution is 1.07. The normalized spacial score (nSPS) is 11.6. The highest BCUT2D eigenvalue weighted by molar-refractivity contribution is 5.85. The van der Waals surface area contributed by atoms with Gasteiger partial charge in [0, 0.05) is 39.8 Å². The minimum Gasteiger partial charge on any atom is -0.236 e. The Bertz CT molecular complexity index is 2730. The minimum absolute atomic E-state index is 0.586. The number of rotatable bonds is 7. The second-order valence-electron chi connectivity index (χ2n) is 13.7. The zero-order valence-electron chi connectivity index (χ0n) is 29.8. The fourth-order valence-electron chi connectivity index (χ4n) is 7.55. The summed E-state index contributed by atoms with van der Waals surface area (Å²) in [7, 11) is 0. The van der Waals surface area contributed by atoms with Crippen LogP contribution >= 0.6 is 0 Å². The maximum absolute atomic E-state index is 5.23. The molecular weight excluding hydrogens is 671 g/mol. The molecule has 7 aromatic carbocycles. The lowest BCUT2D eigenvalue weighted by atomic mass is 9.95. The Kier molecular flexibility index (Phi) is 8.15. The number of fused-ring (bicyclic) bond motifs is 3. The summed E-state index contributed by atoms with van der Waals surface area (Å²) in [5, 5.41) is 0. The van der Waals surface area contributed by atoms with Gasteiger partial charge in [-0.05, 0) is 69.3 Å². The van der Waals surface area contributed by atoms with Gasteiger partial charge in [-0.3, -0.25) is 0 Å². The third-order valence-electron chi connectivity index (χ3n) is 10.2. The molecular formula is C50H33N5. The number of aromatic nitrogens is 5. The van der Waals surface area contributed by atoms with Crippen LogP contribution in [-0.4, -0.2) is 24.9 Å². The van der Waals surface area contributed by atoms with Crippen molar-refractivity contribution in [3.8, 4) is 90.1 Å². The summed E-state index contributed by atoms with van der Waals surface area (Å²) < 4.78 is 0. The van der Waals surface area contributed by atoms with E-state index in [9.17, 15) is 0 Å². The van der Waals surface area contributed by atoms with Crippen molar-refractivity contribution in [3.63, 3.8) is 0 Å². The number of nitrogens with zero attached hydrogens (tertiary/aromatic N) is 5. The van der Waals surface area contributed by atoms with Crippen molar-refractivity contribution in [1.82, 2.24) is 24.9 Å². The molecule has 0 N–H and O–H groups in total. The van der Waals surface area contributed by atoms with E-state index in [4.69, 9.17) is 24.9 Å². The van der Waals surface area contributed by atoms with Gasteiger partial charge < -0.3 is 0 Å². The molecule has 55 heavy (non-hydrogen) atoms. The van der Waals surface area contributed by atoms with Crippen LogP contribution in [0.5, 0.6) is 0 Å². The molecule has 9 aromatic rings. The Hall–Kier alpha value is -7.37. The first-order valence-electron chi connectivity index (χ1n) is 18.4. The highest BCUT2D eigenvalue weighted by atomic mass is 15.0. The van der Waals surface area contributed by atoms with E-state index in [1.807, 2.05) is 18.2 Å². The van der Waals surface area contributed by atoms with Gasteiger partial charge in [-0.2, -0.15) is 0 Å². The van der Waals surface area contributed by atoms with Crippen molar-refractivity contribution >= 4 is 0 Å². The van der Waals surface area contributed by atoms with E-state index in [-0.39, 0.29) is 0 Å². The summed E-state index contributed by atoms with van der Waals surface area (Å²) in [5.74, 6) is 1.80. The second-order valence-corrected chi connectivity index (χ2v) is 13.7. The van der Waals surface area contributed by atoms with Crippen molar-refractivity contribution in [2.75, 3.05) is 0 Å². The fourth-order valence-corrected chi connectivity index (χ4v) is 7.55. The Morgan fingerprint density at radius 1 is 0.309 bits per heavy atom. The van der Waals surface area contributed by atoms with E-state index in [2.05, 4.69) is 164 Å². The van der Waals surface area contributed by atoms with Crippen molar-refractivity contribution in [3.05, 3.63) is 199 Å². The van der Waals surface area contributed by atoms with Crippen LogP contribution in [0.15, 0.2) is 188 Å². The molecule has 0 radical (unpaired) electrons. The van der Waals surface area contributed by atoms with Crippen LogP contribution < -0.4 is 0 Å². The van der Waals surface area contributed by atoms with Crippen LogP contribution in [0.1, 0.15) is 11.1 Å². The molecule has 0 spiro atoms. The molecule has 0 atom stereocenters. The number of hydrogen-bond acceptors (Lipinski definition) is 5. The standard InChI is InChI=1S/C50H33N5/c1-4-14-33(15-5-1)36-21-12-23-39(26-36)48-53-49(40-24-13-22-37(27-40)34-16-6-2-7-17-34)55-50(54-48)43-29-41(35-18-8-3-9-19-35)28-42(30-43)46-45-31-38-20-10-11-25-44(38)47(45)52-32-51-46/h1-30,32H,31H2. The quantitative estimate of drug-likeness (QED) is 0.165. The summed E-state index contributed by atoms with van der Waals surface area (Å²) in [5.41, 5.74) is 15.8. The summed E-state index contributed by atoms with van der Waals surface area (Å²) in [4.78, 5) is 25.3. The van der Waals surface area contributed by atoms with Gasteiger partial charge in [-0.15, -0.1) is 0 Å². The summed E-state index contributed by atoms with van der Waals surface area (Å²) in [6, 6.07) is 63.2. The summed E-state index contributed by atoms with van der Waals surface area (Å²) in [6.45, 7) is 0. The molecule has 0 saturated heterocycles. The molecule has 1 aliphatic carbocycles. The van der Waals surface area contributed by atoms with E-state index in [1.165, 1.54) is 11.1 Å². The Labute approximate surface area is 319 Å². The van der Waals surface area contributed by atoms with Gasteiger partial charge in [0.25, 0.3) is 0 Å². The molecule has 0 aliphatic heterocycles. The zero-order valence-corrected chi connectivity index (χ0v) is 29.8. The van der Waals surface area contributed by atoms with Gasteiger partial charge in [0.05, 0.1) is 11.4 Å². The topological polar surface area (TPSA) is 64.5 Å². The van der Waals surface area contributed by atoms with Crippen molar-refractivity contribution in [1.29, 1.82) is 0 Å². The molecule has 0 fully saturated rings. The van der Waals surface area contributed by atoms with Crippen molar-refractivity contribution < 1.29 is 0 Å². The molecule has 2 aromatic heterocycles. The lowest BCUT2D eigenvalue weighted by Crippen LogP contribution is -2.01. The average Bonchev–Trinajstić information content (AvgIpc) is 3.66. The highest BCUT2D eigenvalue weighted by Crippen LogP contribution is 2.41. The van der Waals surface area contributed by atoms with Crippen molar-refractivity contribution in [2.45, 2.75) is 6.42 Å². The van der Waals surface area contributed by atoms with Gasteiger partial charge in [0.15, 0.2) is 17.5 Å². The van der Waals surface area contributed by atoms with Crippen LogP contribution in [0, 0.1) is 0 Å². The molecule has 0 unspecified atom stereocenters. The lowest BCUT2D eigenvalue weighted by Gasteiger charge is -2.14. The molecule has 2 heterocycles. The average molecular weight is 704 g/mol. The van der Waals surface area contributed by atoms with Gasteiger partial charge in [0.2, 0.25) is 0 Å². The molecule has 10 rings (SSSR count). The second kappa shape index (κ2) is 13.9. The van der Waals surface area contributed by atoms with E-state index in [0.717, 1.165) is 79.0 Å². The van der Waals surface area contributed by atoms with Gasteiger partial charge in [-0.25, -0.2) is 24.9 Å². The highest BCUT2D eigenvalue weighted by Gasteiger charge is 2.24. The van der Waals surface area contributed by atoms with E-state index >= 15 is 0 Å². The molecule has 0 saturated carbocycles. The maximum Gasteiger partial charge on any atom is 0.164 e. The predicted molar refractivity (Wildman–Crippen MR) is 222 cm³/mol. The number of hydrogen-bond donors (Lipinski definition) is 0. The molecule has 258 valence electrons. The van der Waals surface area contributed by atoms with Crippen LogP contribution in [0.3, 0.4) is 0 Å². The smallest absolute Gasteiger partial charge is 0.164 e. The molecule has 0 amide bonds. The van der Waals surface area contributed by atoms with Crippen LogP contribution in [0.2, 0.25) is 0 Å². The summed E-state index contributed by atoms with van der Waals surface area (Å²) >= 11 is 0. The van der Waals surface area contributed by atoms with E-state index < -0.39 is 0 Å². The largest absolute Gasteiger partial charge is 0.236 e. The zero-order chi connectivity index (χ0) is 36.6. The van der Waals surface area contributed by atoms with Crippen LogP contribution in [0.4, 0.5) is 0 Å². The Morgan fingerprint density at radius 3 is 1.33 bits per heavy atom. The minimum atomic E-state index is 0.586. The third-order valence-corrected chi connectivity index (χ3v) is 10.2. The van der Waals surface area contributed by atoms with Crippen molar-refractivity contribution in [2.24, 2.45) is 0 Å². The Morgan fingerprint density at radius 2 is 0.727 bits per heavy atom. The van der Waals surface area contributed by atoms with Gasteiger partial charge in [-0.1, -0.05) is 152 Å². The summed E-state index contributed by atoms with van der Waals surface area (Å²) in [6.07, 6.45) is 2.46. The SMILES string of the molecule is c1ccc(-c2cccc(-c3nc(-c4cccc(-c5ccccc5)c4)nc(-c4cc(-c5ccccc5)cc(-c5ncnc6c5Cc5ccccc5-6)c4)n3)c2)cc1. The molecule has 5 heteroatoms. The molecule has 1 aliphatic rings. The molecule has 5 nitrogen and oxygen atoms in total. The predicted octanol–water partition coefficient (Wildman–Crippen LogP) is 11.9. The van der Waals surface area contributed by atoms with E-state index in [0.29, 0.717) is 17.5 Å². The van der Waals surface area contributed by atoms with Gasteiger partial charge >= 0.3 is 0 Å². The third kappa shape index (κ3) is 6.28. The van der Waals surface area contributed by atoms with Crippen LogP contribution in [0.25, 0.3) is 90.1 Å². The molecule has 0 bridgehead atoms. The first-order chi connectivity index (χ1) is 27.2. The first-order valence-corrected chi connectivity index (χ1v) is 18.4. The monoisotopic (exact) mass is 703 g/mol. The van der Waals surface area contributed by atoms with Crippen LogP contribution in [-0.2, 0) is 6.42 Å². The van der Waals surface area contributed by atoms with E-state index in [1.54, 1.807) is 6.33 Å². The fraction of sp³-hybridized carbons (Fsp3) is 0.0200. The Balaban J connectivity index is 1.18. The first kappa shape index (κ1) is 32.3. The maximum atomic E-state index is 5.23. The number of benzene rings is 7. The van der Waals surface area contributed by atoms with Gasteiger partial charge in [0.1, 0.15) is 6.33 Å².